The molecule has 6 atom stereocenters. The van der Waals surface area contributed by atoms with Crippen molar-refractivity contribution in [1.29, 1.82) is 5.26 Å². The molecule has 3 N–H and O–H groups in total. The van der Waals surface area contributed by atoms with Gasteiger partial charge in [0.1, 0.15) is 6.02 Å². The van der Waals surface area contributed by atoms with E-state index in [1.165, 1.54) is 0 Å². The molecule has 6 rings (SSSR count). The van der Waals surface area contributed by atoms with Gasteiger partial charge in [0.25, 0.3) is 0 Å². The third-order valence-electron chi connectivity index (χ3n) is 4.80. The van der Waals surface area contributed by atoms with Crippen LogP contribution in [0.5, 0.6) is 0 Å². The van der Waals surface area contributed by atoms with Crippen LogP contribution in [0.3, 0.4) is 0 Å². The number of hydrogen-bond acceptors (Lipinski definition) is 4. The van der Waals surface area contributed by atoms with Gasteiger partial charge in [0.15, 0.2) is 0 Å². The number of amides is 1. The van der Waals surface area contributed by atoms with Crippen LogP contribution in [0.1, 0.15) is 73.0 Å². The third-order valence-corrected chi connectivity index (χ3v) is 4.80. The lowest BCUT2D eigenvalue weighted by Gasteiger charge is -2.61. The lowest BCUT2D eigenvalue weighted by Crippen LogP contribution is -2.64. The molecule has 5 saturated carbocycles. The Morgan fingerprint density at radius 2 is 2.13 bits per heavy atom. The molecule has 0 aromatic carbocycles. The molecule has 23 heavy (non-hydrogen) atoms. The molecule has 5 nitrogen and oxygen atoms in total. The number of likely N-dealkylation sites (tertiary alicyclic amines) is 1. The molecule has 6 fully saturated rings. The standard InChI is InChI=1S/C18H25N3O2/c19-8-13-2-12-3-14(12)21(13)16(22)15(20)17-4-10-1-11(5-17)7-18(23,6-10)9-17/h10-15,23H,1-7,9,20H2/t10?,11?,12-,13+,14+,15+,17?,18?/m1/s1/i1D2,4D2,5D2,6D2,7D2,9D2,10D,11D,13D,15D. The molecule has 124 valence electrons. The molecule has 5 heteroatoms. The van der Waals surface area contributed by atoms with Gasteiger partial charge < -0.3 is 15.7 Å². The van der Waals surface area contributed by atoms with Gasteiger partial charge in [-0.3, -0.25) is 4.79 Å². The van der Waals surface area contributed by atoms with Crippen LogP contribution in [0.2, 0.25) is 0 Å². The number of hydrogen-bond donors (Lipinski definition) is 2. The van der Waals surface area contributed by atoms with Crippen LogP contribution in [-0.2, 0) is 4.79 Å². The van der Waals surface area contributed by atoms with E-state index in [9.17, 15) is 15.2 Å². The van der Waals surface area contributed by atoms with Crippen LogP contribution in [0.25, 0.3) is 0 Å². The highest BCUT2D eigenvalue weighted by atomic mass is 16.3. The van der Waals surface area contributed by atoms with E-state index in [1.807, 2.05) is 0 Å². The van der Waals surface area contributed by atoms with Gasteiger partial charge in [-0.2, -0.15) is 5.26 Å². The molecule has 1 amide bonds. The van der Waals surface area contributed by atoms with Crippen molar-refractivity contribution in [3.05, 3.63) is 0 Å². The lowest BCUT2D eigenvalue weighted by atomic mass is 9.46. The Hall–Kier alpha value is -1.12. The predicted molar refractivity (Wildman–Crippen MR) is 82.8 cm³/mol. The number of nitriles is 1. The Kier molecular flexibility index (Phi) is 1.01. The fourth-order valence-corrected chi connectivity index (χ4v) is 3.69. The first-order valence-corrected chi connectivity index (χ1v) is 7.31. The van der Waals surface area contributed by atoms with Gasteiger partial charge in [-0.1, -0.05) is 0 Å². The number of nitrogens with zero attached hydrogens (tertiary/aromatic N) is 2. The van der Waals surface area contributed by atoms with E-state index >= 15 is 0 Å². The zero-order valence-corrected chi connectivity index (χ0v) is 11.9. The minimum Gasteiger partial charge on any atom is -0.390 e. The quantitative estimate of drug-likeness (QED) is 0.794. The van der Waals surface area contributed by atoms with Crippen LogP contribution < -0.4 is 5.73 Å². The number of aliphatic hydroxyl groups is 1. The topological polar surface area (TPSA) is 90.3 Å². The number of carbonyl (C=O) groups is 1. The lowest BCUT2D eigenvalue weighted by molar-refractivity contribution is -0.177. The summed E-state index contributed by atoms with van der Waals surface area (Å²) in [4.78, 5) is 14.5. The van der Waals surface area contributed by atoms with Crippen molar-refractivity contribution >= 4 is 5.91 Å². The van der Waals surface area contributed by atoms with Gasteiger partial charge in [-0.05, 0) is 74.2 Å². The van der Waals surface area contributed by atoms with Crippen LogP contribution in [0, 0.1) is 34.5 Å². The SMILES string of the molecule is [2H]C1([2H])C2([2H])C([2H])([2H])C3(O)C([2H])([2H])C1([2H])C([2H])([2H])C([C@@]([2H])(N)C(=O)N1[C@H]4C[C@H]4C[C@@]1([2H])C#N)(C2([2H])[2H])C3([2H])[2H]. The molecule has 0 radical (unpaired) electrons. The first-order valence-electron chi connectivity index (χ1n) is 15.3. The number of rotatable bonds is 2. The second kappa shape index (κ2) is 4.29. The van der Waals surface area contributed by atoms with Crippen LogP contribution in [0.4, 0.5) is 0 Å². The van der Waals surface area contributed by atoms with Crippen molar-refractivity contribution in [3.8, 4) is 6.07 Å². The summed E-state index contributed by atoms with van der Waals surface area (Å²) < 4.78 is 139. The first-order chi connectivity index (χ1) is 17.0. The Bertz CT molecular complexity index is 1150. The summed E-state index contributed by atoms with van der Waals surface area (Å²) in [7, 11) is 0. The summed E-state index contributed by atoms with van der Waals surface area (Å²) in [6.07, 6.45) is -25.8. The zero-order chi connectivity index (χ0) is 30.4. The molecule has 1 aliphatic heterocycles. The maximum atomic E-state index is 14.0. The van der Waals surface area contributed by atoms with Crippen molar-refractivity contribution in [1.82, 2.24) is 4.90 Å². The molecule has 1 saturated heterocycles. The van der Waals surface area contributed by atoms with Crippen molar-refractivity contribution in [3.63, 3.8) is 0 Å². The molecule has 0 spiro atoms. The highest BCUT2D eigenvalue weighted by Crippen LogP contribution is 2.63. The Balaban J connectivity index is 1.96. The van der Waals surface area contributed by atoms with Gasteiger partial charge >= 0.3 is 0 Å². The zero-order valence-electron chi connectivity index (χ0n) is 27.9. The maximum absolute atomic E-state index is 14.0. The van der Waals surface area contributed by atoms with Crippen LogP contribution in [-0.4, -0.2) is 39.6 Å². The van der Waals surface area contributed by atoms with Crippen LogP contribution in [0.15, 0.2) is 0 Å². The largest absolute Gasteiger partial charge is 0.390 e. The van der Waals surface area contributed by atoms with Crippen molar-refractivity contribution in [2.75, 3.05) is 0 Å². The van der Waals surface area contributed by atoms with E-state index < -0.39 is 90.9 Å². The van der Waals surface area contributed by atoms with Gasteiger partial charge in [0.2, 0.25) is 5.91 Å². The van der Waals surface area contributed by atoms with E-state index in [0.29, 0.717) is 4.90 Å². The van der Waals surface area contributed by atoms with Crippen molar-refractivity contribution in [2.24, 2.45) is 28.9 Å². The average Bonchev–Trinajstić information content (AvgIpc) is 3.44. The highest BCUT2D eigenvalue weighted by molar-refractivity contribution is 5.84. The fraction of sp³-hybridized carbons (Fsp3) is 0.889. The summed E-state index contributed by atoms with van der Waals surface area (Å²) in [6.45, 7) is 0. The van der Waals surface area contributed by atoms with Crippen LogP contribution >= 0.6 is 0 Å². The third kappa shape index (κ3) is 1.88. The monoisotopic (exact) mass is 331 g/mol. The molecule has 4 bridgehead atoms. The molecule has 6 aliphatic rings. The minimum atomic E-state index is -4.42. The Morgan fingerprint density at radius 3 is 2.78 bits per heavy atom. The molecule has 0 aromatic heterocycles. The molecule has 0 aromatic rings. The van der Waals surface area contributed by atoms with Gasteiger partial charge in [-0.15, -0.1) is 0 Å². The van der Waals surface area contributed by atoms with Crippen molar-refractivity contribution in [2.45, 2.75) is 74.8 Å². The predicted octanol–water partition coefficient (Wildman–Crippen LogP) is 1.16. The maximum Gasteiger partial charge on any atom is 0.241 e. The van der Waals surface area contributed by atoms with Crippen molar-refractivity contribution < 1.29 is 31.8 Å². The number of carbonyl (C=O) groups excluding carboxylic acids is 1. The minimum absolute atomic E-state index is 0.214. The highest BCUT2D eigenvalue weighted by Gasteiger charge is 2.62. The molecule has 2 unspecified atom stereocenters. The molecular formula is C18H25N3O2. The van der Waals surface area contributed by atoms with E-state index in [1.54, 1.807) is 6.07 Å². The fourth-order valence-electron chi connectivity index (χ4n) is 3.69. The van der Waals surface area contributed by atoms with E-state index in [2.05, 4.69) is 0 Å². The van der Waals surface area contributed by atoms with E-state index in [4.69, 9.17) is 27.7 Å². The second-order valence-electron chi connectivity index (χ2n) is 6.37. The molecule has 5 aliphatic carbocycles. The first kappa shape index (κ1) is 5.44. The van der Waals surface area contributed by atoms with E-state index in [-0.39, 0.29) is 12.8 Å². The van der Waals surface area contributed by atoms with Gasteiger partial charge in [0, 0.05) is 25.2 Å². The molecule has 1 heterocycles. The molecular weight excluding hydrogens is 290 g/mol. The summed E-state index contributed by atoms with van der Waals surface area (Å²) in [6, 6.07) is -5.84. The number of nitrogens with two attached hydrogens (primary N) is 1. The Morgan fingerprint density at radius 1 is 1.43 bits per heavy atom. The normalized spacial score (nSPS) is 88.1. The summed E-state index contributed by atoms with van der Waals surface area (Å²) in [5.74, 6) is -10.8. The second-order valence-corrected chi connectivity index (χ2v) is 6.37. The summed E-state index contributed by atoms with van der Waals surface area (Å²) in [5.41, 5.74) is -2.67. The smallest absolute Gasteiger partial charge is 0.241 e. The average molecular weight is 332 g/mol. The Labute approximate surface area is 159 Å². The summed E-state index contributed by atoms with van der Waals surface area (Å²) in [5, 5.41) is 21.3. The van der Waals surface area contributed by atoms with Gasteiger partial charge in [-0.25, -0.2) is 0 Å². The summed E-state index contributed by atoms with van der Waals surface area (Å²) >= 11 is 0. The number of piperidine rings is 1. The van der Waals surface area contributed by atoms with Gasteiger partial charge in [0.05, 0.1) is 20.4 Å². The van der Waals surface area contributed by atoms with E-state index in [0.717, 1.165) is 0 Å². The number of fused-ring (bicyclic) bond motifs is 1.